The molecule has 1 aromatic carbocycles. The second-order valence-electron chi connectivity index (χ2n) is 8.99. The Kier molecular flexibility index (Phi) is 6.74. The number of hydrogen-bond donors (Lipinski definition) is 0. The van der Waals surface area contributed by atoms with Crippen molar-refractivity contribution in [1.29, 1.82) is 0 Å². The van der Waals surface area contributed by atoms with Gasteiger partial charge in [0, 0.05) is 22.7 Å². The standard InChI is InChI=1S/C26H29ClN2O2S/c27-19-13-11-18(12-14-19)23-16-15-22(31-23)17-24-25(30)29(21-9-5-2-6-10-21)26(32-24)28-20-7-3-1-4-8-20/h11-17,20-21H,1-10H2. The van der Waals surface area contributed by atoms with Gasteiger partial charge in [-0.05, 0) is 73.8 Å². The smallest absolute Gasteiger partial charge is 0.267 e. The van der Waals surface area contributed by atoms with Gasteiger partial charge >= 0.3 is 0 Å². The maximum atomic E-state index is 13.5. The van der Waals surface area contributed by atoms with Crippen molar-refractivity contribution in [1.82, 2.24) is 4.90 Å². The lowest BCUT2D eigenvalue weighted by atomic mass is 9.94. The number of furan rings is 1. The van der Waals surface area contributed by atoms with Crippen LogP contribution >= 0.6 is 23.4 Å². The van der Waals surface area contributed by atoms with Crippen molar-refractivity contribution in [3.8, 4) is 11.3 Å². The van der Waals surface area contributed by atoms with Gasteiger partial charge in [0.25, 0.3) is 5.91 Å². The molecule has 1 amide bonds. The van der Waals surface area contributed by atoms with E-state index in [1.807, 2.05) is 47.4 Å². The number of rotatable bonds is 4. The molecule has 1 saturated heterocycles. The molecule has 3 fully saturated rings. The van der Waals surface area contributed by atoms with Gasteiger partial charge in [0.05, 0.1) is 10.9 Å². The molecule has 0 unspecified atom stereocenters. The van der Waals surface area contributed by atoms with Crippen molar-refractivity contribution in [2.24, 2.45) is 4.99 Å². The van der Waals surface area contributed by atoms with Gasteiger partial charge in [-0.15, -0.1) is 0 Å². The molecule has 0 atom stereocenters. The summed E-state index contributed by atoms with van der Waals surface area (Å²) in [6.45, 7) is 0. The van der Waals surface area contributed by atoms with Crippen LogP contribution < -0.4 is 0 Å². The predicted molar refractivity (Wildman–Crippen MR) is 133 cm³/mol. The molecular weight excluding hydrogens is 440 g/mol. The number of hydrogen-bond acceptors (Lipinski definition) is 4. The molecule has 6 heteroatoms. The molecule has 2 aliphatic carbocycles. The fourth-order valence-electron chi connectivity index (χ4n) is 4.93. The first-order valence-electron chi connectivity index (χ1n) is 11.8. The van der Waals surface area contributed by atoms with Crippen LogP contribution in [0.5, 0.6) is 0 Å². The van der Waals surface area contributed by atoms with Gasteiger partial charge in [0.15, 0.2) is 5.17 Å². The topological polar surface area (TPSA) is 45.8 Å². The monoisotopic (exact) mass is 468 g/mol. The minimum atomic E-state index is 0.0842. The minimum absolute atomic E-state index is 0.0842. The second-order valence-corrected chi connectivity index (χ2v) is 10.4. The van der Waals surface area contributed by atoms with Gasteiger partial charge < -0.3 is 4.42 Å². The Balaban J connectivity index is 1.41. The van der Waals surface area contributed by atoms with E-state index < -0.39 is 0 Å². The maximum absolute atomic E-state index is 13.5. The Morgan fingerprint density at radius 3 is 2.34 bits per heavy atom. The Morgan fingerprint density at radius 1 is 0.938 bits per heavy atom. The number of nitrogens with zero attached hydrogens (tertiary/aromatic N) is 2. The van der Waals surface area contributed by atoms with Crippen molar-refractivity contribution in [3.63, 3.8) is 0 Å². The van der Waals surface area contributed by atoms with Crippen LogP contribution in [0.1, 0.15) is 70.0 Å². The van der Waals surface area contributed by atoms with Gasteiger partial charge in [-0.2, -0.15) is 0 Å². The number of amidine groups is 1. The highest BCUT2D eigenvalue weighted by molar-refractivity contribution is 8.18. The fraction of sp³-hybridized carbons (Fsp3) is 0.462. The zero-order chi connectivity index (χ0) is 21.9. The molecular formula is C26H29ClN2O2S. The minimum Gasteiger partial charge on any atom is -0.457 e. The number of halogens is 1. The normalized spacial score (nSPS) is 23.5. The van der Waals surface area contributed by atoms with Gasteiger partial charge in [-0.25, -0.2) is 0 Å². The summed E-state index contributed by atoms with van der Waals surface area (Å²) in [7, 11) is 0. The largest absolute Gasteiger partial charge is 0.457 e. The van der Waals surface area contributed by atoms with Crippen LogP contribution in [0.4, 0.5) is 0 Å². The van der Waals surface area contributed by atoms with Gasteiger partial charge in [0.1, 0.15) is 11.5 Å². The van der Waals surface area contributed by atoms with E-state index in [1.165, 1.54) is 50.3 Å². The third kappa shape index (κ3) is 4.84. The van der Waals surface area contributed by atoms with Gasteiger partial charge in [-0.3, -0.25) is 14.7 Å². The first-order valence-corrected chi connectivity index (χ1v) is 13.0. The highest BCUT2D eigenvalue weighted by Crippen LogP contribution is 2.39. The molecule has 0 radical (unpaired) electrons. The molecule has 32 heavy (non-hydrogen) atoms. The average Bonchev–Trinajstić information content (AvgIpc) is 3.40. The van der Waals surface area contributed by atoms with Crippen LogP contribution in [-0.4, -0.2) is 28.1 Å². The molecule has 0 spiro atoms. The second kappa shape index (κ2) is 9.88. The van der Waals surface area contributed by atoms with Crippen LogP contribution in [-0.2, 0) is 4.79 Å². The van der Waals surface area contributed by atoms with Crippen LogP contribution in [0.15, 0.2) is 50.7 Å². The average molecular weight is 469 g/mol. The van der Waals surface area contributed by atoms with Gasteiger partial charge in [-0.1, -0.05) is 50.1 Å². The van der Waals surface area contributed by atoms with Crippen LogP contribution in [0.25, 0.3) is 17.4 Å². The molecule has 1 aromatic heterocycles. The fourth-order valence-corrected chi connectivity index (χ4v) is 6.15. The number of carbonyl (C=O) groups is 1. The van der Waals surface area contributed by atoms with Crippen molar-refractivity contribution < 1.29 is 9.21 Å². The van der Waals surface area contributed by atoms with Crippen LogP contribution in [0, 0.1) is 0 Å². The molecule has 168 valence electrons. The molecule has 0 N–H and O–H groups in total. The number of aliphatic imine (C=N–C) groups is 1. The summed E-state index contributed by atoms with van der Waals surface area (Å²) in [5.74, 6) is 1.54. The van der Waals surface area contributed by atoms with E-state index in [1.54, 1.807) is 0 Å². The van der Waals surface area contributed by atoms with Crippen LogP contribution in [0.3, 0.4) is 0 Å². The Labute approximate surface area is 199 Å². The van der Waals surface area contributed by atoms with E-state index in [0.717, 1.165) is 42.2 Å². The number of benzene rings is 1. The van der Waals surface area contributed by atoms with Crippen molar-refractivity contribution in [3.05, 3.63) is 52.1 Å². The first kappa shape index (κ1) is 21.8. The van der Waals surface area contributed by atoms with Crippen molar-refractivity contribution in [2.45, 2.75) is 76.3 Å². The lowest BCUT2D eigenvalue weighted by molar-refractivity contribution is -0.124. The number of thioether (sulfide) groups is 1. The zero-order valence-corrected chi connectivity index (χ0v) is 19.8. The zero-order valence-electron chi connectivity index (χ0n) is 18.3. The lowest BCUT2D eigenvalue weighted by Crippen LogP contribution is -2.41. The lowest BCUT2D eigenvalue weighted by Gasteiger charge is -2.31. The maximum Gasteiger partial charge on any atom is 0.267 e. The number of carbonyl (C=O) groups excluding carboxylic acids is 1. The molecule has 2 heterocycles. The predicted octanol–water partition coefficient (Wildman–Crippen LogP) is 7.54. The third-order valence-electron chi connectivity index (χ3n) is 6.67. The summed E-state index contributed by atoms with van der Waals surface area (Å²) in [5.41, 5.74) is 0.966. The third-order valence-corrected chi connectivity index (χ3v) is 7.92. The Hall–Kier alpha value is -1.98. The SMILES string of the molecule is O=C1C(=Cc2ccc(-c3ccc(Cl)cc3)o2)SC(=NC2CCCCC2)N1C1CCCCC1. The van der Waals surface area contributed by atoms with Gasteiger partial charge in [0.2, 0.25) is 0 Å². The molecule has 5 rings (SSSR count). The van der Waals surface area contributed by atoms with Crippen LogP contribution in [0.2, 0.25) is 5.02 Å². The molecule has 3 aliphatic rings. The van der Waals surface area contributed by atoms with Crippen molar-refractivity contribution in [2.75, 3.05) is 0 Å². The number of amides is 1. The summed E-state index contributed by atoms with van der Waals surface area (Å²) in [6, 6.07) is 12.1. The quantitative estimate of drug-likeness (QED) is 0.435. The first-order chi connectivity index (χ1) is 15.7. The molecule has 2 saturated carbocycles. The van der Waals surface area contributed by atoms with E-state index in [-0.39, 0.29) is 11.9 Å². The molecule has 1 aliphatic heterocycles. The van der Waals surface area contributed by atoms with E-state index in [2.05, 4.69) is 0 Å². The summed E-state index contributed by atoms with van der Waals surface area (Å²) < 4.78 is 6.04. The summed E-state index contributed by atoms with van der Waals surface area (Å²) >= 11 is 7.52. The van der Waals surface area contributed by atoms with E-state index in [0.29, 0.717) is 21.7 Å². The summed E-state index contributed by atoms with van der Waals surface area (Å²) in [6.07, 6.45) is 13.7. The summed E-state index contributed by atoms with van der Waals surface area (Å²) in [4.78, 5) is 21.3. The Morgan fingerprint density at radius 2 is 1.62 bits per heavy atom. The van der Waals surface area contributed by atoms with E-state index in [9.17, 15) is 4.79 Å². The van der Waals surface area contributed by atoms with E-state index >= 15 is 0 Å². The Bertz CT molecular complexity index is 1010. The molecule has 4 nitrogen and oxygen atoms in total. The highest BCUT2D eigenvalue weighted by Gasteiger charge is 2.39. The summed E-state index contributed by atoms with van der Waals surface area (Å²) in [5, 5.41) is 1.60. The molecule has 2 aromatic rings. The molecule has 0 bridgehead atoms. The van der Waals surface area contributed by atoms with E-state index in [4.69, 9.17) is 21.0 Å². The highest BCUT2D eigenvalue weighted by atomic mass is 35.5. The van der Waals surface area contributed by atoms with Crippen molar-refractivity contribution >= 4 is 40.5 Å².